The van der Waals surface area contributed by atoms with Gasteiger partial charge in [-0.1, -0.05) is 0 Å². The van der Waals surface area contributed by atoms with Crippen LogP contribution in [0.25, 0.3) is 0 Å². The third kappa shape index (κ3) is 3.19. The maximum Gasteiger partial charge on any atom is 0.251 e. The first-order valence-electron chi connectivity index (χ1n) is 5.85. The van der Waals surface area contributed by atoms with Crippen molar-refractivity contribution in [3.05, 3.63) is 35.4 Å². The normalized spacial score (nSPS) is 16.4. The van der Waals surface area contributed by atoms with Crippen LogP contribution >= 0.6 is 11.6 Å². The molecule has 2 nitrogen and oxygen atoms in total. The molecule has 0 spiro atoms. The van der Waals surface area contributed by atoms with Gasteiger partial charge in [0.2, 0.25) is 0 Å². The molecule has 1 fully saturated rings. The summed E-state index contributed by atoms with van der Waals surface area (Å²) in [5.41, 5.74) is 0.109. The van der Waals surface area contributed by atoms with Gasteiger partial charge in [0.05, 0.1) is 0 Å². The van der Waals surface area contributed by atoms with Crippen molar-refractivity contribution in [2.75, 3.05) is 12.4 Å². The number of amides is 1. The second-order valence-electron chi connectivity index (χ2n) is 4.78. The largest absolute Gasteiger partial charge is 0.351 e. The molecule has 98 valence electrons. The van der Waals surface area contributed by atoms with Gasteiger partial charge < -0.3 is 5.32 Å². The highest BCUT2D eigenvalue weighted by Crippen LogP contribution is 2.48. The number of hydrogen-bond donors (Lipinski definition) is 1. The summed E-state index contributed by atoms with van der Waals surface area (Å²) >= 11 is 5.69. The number of benzene rings is 1. The Balaban J connectivity index is 1.95. The Kier molecular flexibility index (Phi) is 3.85. The second-order valence-corrected chi connectivity index (χ2v) is 5.16. The minimum Gasteiger partial charge on any atom is -0.351 e. The summed E-state index contributed by atoms with van der Waals surface area (Å²) in [4.78, 5) is 11.8. The molecule has 1 aromatic carbocycles. The van der Waals surface area contributed by atoms with Crippen LogP contribution in [0, 0.1) is 17.0 Å². The zero-order valence-corrected chi connectivity index (χ0v) is 10.6. The zero-order valence-electron chi connectivity index (χ0n) is 9.81. The van der Waals surface area contributed by atoms with E-state index in [1.54, 1.807) is 0 Å². The van der Waals surface area contributed by atoms with Crippen molar-refractivity contribution in [2.45, 2.75) is 19.3 Å². The third-order valence-corrected chi connectivity index (χ3v) is 3.52. The number of rotatable bonds is 5. The molecule has 0 bridgehead atoms. The molecule has 2 rings (SSSR count). The topological polar surface area (TPSA) is 29.1 Å². The minimum atomic E-state index is -0.748. The van der Waals surface area contributed by atoms with Gasteiger partial charge in [-0.25, -0.2) is 8.78 Å². The predicted octanol–water partition coefficient (Wildman–Crippen LogP) is 3.10. The highest BCUT2D eigenvalue weighted by molar-refractivity contribution is 6.17. The van der Waals surface area contributed by atoms with Gasteiger partial charge in [0, 0.05) is 24.1 Å². The molecule has 1 saturated carbocycles. The highest BCUT2D eigenvalue weighted by Gasteiger charge is 2.41. The van der Waals surface area contributed by atoms with Crippen molar-refractivity contribution in [1.29, 1.82) is 0 Å². The Labute approximate surface area is 109 Å². The lowest BCUT2D eigenvalue weighted by Gasteiger charge is -2.14. The Morgan fingerprint density at radius 3 is 2.39 bits per heavy atom. The lowest BCUT2D eigenvalue weighted by molar-refractivity contribution is 0.0943. The molecule has 0 radical (unpaired) electrons. The molecule has 0 aliphatic heterocycles. The molecule has 0 aromatic heterocycles. The van der Waals surface area contributed by atoms with E-state index in [1.807, 2.05) is 0 Å². The molecule has 1 aromatic rings. The van der Waals surface area contributed by atoms with Gasteiger partial charge >= 0.3 is 0 Å². The van der Waals surface area contributed by atoms with Crippen LogP contribution in [0.4, 0.5) is 8.78 Å². The second kappa shape index (κ2) is 5.22. The molecule has 5 heteroatoms. The van der Waals surface area contributed by atoms with Gasteiger partial charge in [-0.3, -0.25) is 4.79 Å². The van der Waals surface area contributed by atoms with Crippen LogP contribution in [0.5, 0.6) is 0 Å². The van der Waals surface area contributed by atoms with E-state index in [1.165, 1.54) is 0 Å². The van der Waals surface area contributed by atoms with Crippen LogP contribution in [0.2, 0.25) is 0 Å². The first kappa shape index (κ1) is 13.3. The number of carbonyl (C=O) groups is 1. The third-order valence-electron chi connectivity index (χ3n) is 3.33. The summed E-state index contributed by atoms with van der Waals surface area (Å²) in [5, 5.41) is 2.71. The maximum atomic E-state index is 13.0. The van der Waals surface area contributed by atoms with E-state index in [2.05, 4.69) is 5.32 Å². The van der Waals surface area contributed by atoms with Gasteiger partial charge in [0.1, 0.15) is 11.6 Å². The monoisotopic (exact) mass is 273 g/mol. The van der Waals surface area contributed by atoms with E-state index in [-0.39, 0.29) is 11.0 Å². The van der Waals surface area contributed by atoms with Gasteiger partial charge in [-0.05, 0) is 36.8 Å². The van der Waals surface area contributed by atoms with Crippen LogP contribution in [0.3, 0.4) is 0 Å². The van der Waals surface area contributed by atoms with Crippen molar-refractivity contribution in [3.63, 3.8) is 0 Å². The molecule has 1 N–H and O–H groups in total. The van der Waals surface area contributed by atoms with Crippen molar-refractivity contribution in [3.8, 4) is 0 Å². The summed E-state index contributed by atoms with van der Waals surface area (Å²) in [6, 6.07) is 2.80. The average molecular weight is 274 g/mol. The van der Waals surface area contributed by atoms with E-state index in [4.69, 9.17) is 11.6 Å². The fourth-order valence-corrected chi connectivity index (χ4v) is 2.35. The van der Waals surface area contributed by atoms with Gasteiger partial charge in [0.25, 0.3) is 5.91 Å². The maximum absolute atomic E-state index is 13.0. The Bertz CT molecular complexity index is 440. The van der Waals surface area contributed by atoms with E-state index >= 15 is 0 Å². The van der Waals surface area contributed by atoms with Gasteiger partial charge in [-0.2, -0.15) is 0 Å². The van der Waals surface area contributed by atoms with Crippen LogP contribution < -0.4 is 5.32 Å². The molecule has 18 heavy (non-hydrogen) atoms. The van der Waals surface area contributed by atoms with Crippen LogP contribution in [-0.4, -0.2) is 18.3 Å². The summed E-state index contributed by atoms with van der Waals surface area (Å²) in [6.45, 7) is 0.511. The quantitative estimate of drug-likeness (QED) is 0.821. The molecule has 0 atom stereocenters. The molecule has 0 unspecified atom stereocenters. The van der Waals surface area contributed by atoms with Crippen LogP contribution in [0.15, 0.2) is 18.2 Å². The molecule has 0 heterocycles. The molecular weight excluding hydrogens is 260 g/mol. The van der Waals surface area contributed by atoms with Crippen molar-refractivity contribution < 1.29 is 13.6 Å². The van der Waals surface area contributed by atoms with Crippen LogP contribution in [-0.2, 0) is 0 Å². The number of nitrogens with one attached hydrogen (secondary N) is 1. The molecule has 1 aliphatic rings. The molecule has 1 amide bonds. The first-order chi connectivity index (χ1) is 8.54. The van der Waals surface area contributed by atoms with Crippen molar-refractivity contribution in [2.24, 2.45) is 5.41 Å². The summed E-state index contributed by atoms with van der Waals surface area (Å²) in [7, 11) is 0. The van der Waals surface area contributed by atoms with Crippen molar-refractivity contribution >= 4 is 17.5 Å². The standard InChI is InChI=1S/C13H14ClF2NO/c14-4-3-13(1-2-13)8-17-12(18)9-5-10(15)7-11(16)6-9/h5-7H,1-4,8H2,(H,17,18). The number of carbonyl (C=O) groups excluding carboxylic acids is 1. The number of alkyl halides is 1. The smallest absolute Gasteiger partial charge is 0.251 e. The first-order valence-corrected chi connectivity index (χ1v) is 6.38. The summed E-state index contributed by atoms with van der Waals surface area (Å²) < 4.78 is 25.9. The number of halogens is 3. The lowest BCUT2D eigenvalue weighted by atomic mass is 10.0. The fourth-order valence-electron chi connectivity index (χ4n) is 1.95. The fraction of sp³-hybridized carbons (Fsp3) is 0.462. The van der Waals surface area contributed by atoms with E-state index in [0.717, 1.165) is 37.5 Å². The average Bonchev–Trinajstić information content (AvgIpc) is 3.06. The summed E-state index contributed by atoms with van der Waals surface area (Å²) in [5.74, 6) is -1.39. The van der Waals surface area contributed by atoms with E-state index in [0.29, 0.717) is 12.4 Å². The molecular formula is C13H14ClF2NO. The highest BCUT2D eigenvalue weighted by atomic mass is 35.5. The molecule has 0 saturated heterocycles. The summed E-state index contributed by atoms with van der Waals surface area (Å²) in [6.07, 6.45) is 2.93. The molecule has 1 aliphatic carbocycles. The minimum absolute atomic E-state index is 0.00849. The van der Waals surface area contributed by atoms with Crippen LogP contribution in [0.1, 0.15) is 29.6 Å². The number of hydrogen-bond acceptors (Lipinski definition) is 1. The Hall–Kier alpha value is -1.16. The zero-order chi connectivity index (χ0) is 13.2. The van der Waals surface area contributed by atoms with E-state index < -0.39 is 17.5 Å². The van der Waals surface area contributed by atoms with Crippen molar-refractivity contribution in [1.82, 2.24) is 5.32 Å². The Morgan fingerprint density at radius 2 is 1.89 bits per heavy atom. The Morgan fingerprint density at radius 1 is 1.28 bits per heavy atom. The van der Waals surface area contributed by atoms with E-state index in [9.17, 15) is 13.6 Å². The van der Waals surface area contributed by atoms with Gasteiger partial charge in [-0.15, -0.1) is 11.6 Å². The predicted molar refractivity (Wildman–Crippen MR) is 65.7 cm³/mol. The SMILES string of the molecule is O=C(NCC1(CCCl)CC1)c1cc(F)cc(F)c1. The lowest BCUT2D eigenvalue weighted by Crippen LogP contribution is -2.30. The van der Waals surface area contributed by atoms with Gasteiger partial charge in [0.15, 0.2) is 0 Å².